The summed E-state index contributed by atoms with van der Waals surface area (Å²) < 4.78 is 11.1. The largest absolute Gasteiger partial charge is 0.486 e. The van der Waals surface area contributed by atoms with Gasteiger partial charge in [-0.3, -0.25) is 9.88 Å². The van der Waals surface area contributed by atoms with Crippen molar-refractivity contribution in [3.63, 3.8) is 0 Å². The number of carbonyl (C=O) groups is 1. The predicted octanol–water partition coefficient (Wildman–Crippen LogP) is 2.20. The first-order chi connectivity index (χ1) is 12.8. The molecule has 0 unspecified atom stereocenters. The second-order valence-corrected chi connectivity index (χ2v) is 6.41. The van der Waals surface area contributed by atoms with Gasteiger partial charge in [0.1, 0.15) is 13.2 Å². The molecule has 4 rings (SSSR count). The number of hydrogen-bond donors (Lipinski definition) is 1. The van der Waals surface area contributed by atoms with E-state index in [1.165, 1.54) is 5.56 Å². The molecule has 7 heteroatoms. The standard InChI is InChI=1S/C19H22N4O3/c24-19(21-16-1-2-17-18(13-16)26-12-11-25-17)23-9-7-22(8-10-23)14-15-3-5-20-6-4-15/h1-6,13H,7-12,14H2,(H,21,24). The lowest BCUT2D eigenvalue weighted by atomic mass is 10.2. The molecule has 2 amide bonds. The summed E-state index contributed by atoms with van der Waals surface area (Å²) in [6.07, 6.45) is 3.62. The van der Waals surface area contributed by atoms with E-state index in [2.05, 4.69) is 15.2 Å². The molecule has 1 saturated heterocycles. The fraction of sp³-hybridized carbons (Fsp3) is 0.368. The summed E-state index contributed by atoms with van der Waals surface area (Å²) in [6, 6.07) is 9.46. The number of nitrogens with zero attached hydrogens (tertiary/aromatic N) is 3. The Balaban J connectivity index is 1.30. The smallest absolute Gasteiger partial charge is 0.321 e. The molecule has 1 fully saturated rings. The van der Waals surface area contributed by atoms with Gasteiger partial charge in [0.15, 0.2) is 11.5 Å². The van der Waals surface area contributed by atoms with E-state index in [1.54, 1.807) is 0 Å². The molecule has 0 bridgehead atoms. The Labute approximate surface area is 152 Å². The summed E-state index contributed by atoms with van der Waals surface area (Å²) in [4.78, 5) is 20.8. The minimum absolute atomic E-state index is 0.0785. The van der Waals surface area contributed by atoms with E-state index >= 15 is 0 Å². The Morgan fingerprint density at radius 3 is 2.50 bits per heavy atom. The number of fused-ring (bicyclic) bond motifs is 1. The number of urea groups is 1. The molecule has 136 valence electrons. The fourth-order valence-electron chi connectivity index (χ4n) is 3.18. The number of aromatic nitrogens is 1. The third-order valence-electron chi connectivity index (χ3n) is 4.61. The van der Waals surface area contributed by atoms with Crippen LogP contribution in [0.4, 0.5) is 10.5 Å². The van der Waals surface area contributed by atoms with Crippen LogP contribution in [0.5, 0.6) is 11.5 Å². The van der Waals surface area contributed by atoms with Gasteiger partial charge in [-0.05, 0) is 29.8 Å². The summed E-state index contributed by atoms with van der Waals surface area (Å²) in [5.41, 5.74) is 1.97. The van der Waals surface area contributed by atoms with E-state index in [0.717, 1.165) is 31.1 Å². The number of nitrogens with one attached hydrogen (secondary N) is 1. The van der Waals surface area contributed by atoms with Crippen LogP contribution in [0, 0.1) is 0 Å². The maximum Gasteiger partial charge on any atom is 0.321 e. The minimum Gasteiger partial charge on any atom is -0.486 e. The Morgan fingerprint density at radius 2 is 1.73 bits per heavy atom. The Hall–Kier alpha value is -2.80. The van der Waals surface area contributed by atoms with E-state index in [1.807, 2.05) is 47.6 Å². The SMILES string of the molecule is O=C(Nc1ccc2c(c1)OCCO2)N1CCN(Cc2ccncc2)CC1. The lowest BCUT2D eigenvalue weighted by molar-refractivity contribution is 0.143. The molecule has 0 atom stereocenters. The van der Waals surface area contributed by atoms with Gasteiger partial charge >= 0.3 is 6.03 Å². The van der Waals surface area contributed by atoms with E-state index in [9.17, 15) is 4.79 Å². The van der Waals surface area contributed by atoms with Crippen molar-refractivity contribution in [3.8, 4) is 11.5 Å². The van der Waals surface area contributed by atoms with Crippen molar-refractivity contribution in [2.75, 3.05) is 44.7 Å². The molecule has 7 nitrogen and oxygen atoms in total. The molecule has 1 aromatic heterocycles. The maximum absolute atomic E-state index is 12.5. The topological polar surface area (TPSA) is 66.9 Å². The number of rotatable bonds is 3. The first-order valence-corrected chi connectivity index (χ1v) is 8.85. The fourth-order valence-corrected chi connectivity index (χ4v) is 3.18. The third kappa shape index (κ3) is 3.88. The van der Waals surface area contributed by atoms with Gasteiger partial charge in [-0.1, -0.05) is 0 Å². The minimum atomic E-state index is -0.0785. The number of benzene rings is 1. The van der Waals surface area contributed by atoms with Crippen LogP contribution in [0.1, 0.15) is 5.56 Å². The number of ether oxygens (including phenoxy) is 2. The number of hydrogen-bond acceptors (Lipinski definition) is 5. The quantitative estimate of drug-likeness (QED) is 0.915. The second-order valence-electron chi connectivity index (χ2n) is 6.41. The molecule has 1 aromatic carbocycles. The number of pyridine rings is 1. The average Bonchev–Trinajstić information content (AvgIpc) is 2.69. The molecular weight excluding hydrogens is 332 g/mol. The summed E-state index contributed by atoms with van der Waals surface area (Å²) in [5.74, 6) is 1.40. The van der Waals surface area contributed by atoms with Crippen LogP contribution in [0.3, 0.4) is 0 Å². The van der Waals surface area contributed by atoms with Gasteiger partial charge in [0.05, 0.1) is 0 Å². The maximum atomic E-state index is 12.5. The van der Waals surface area contributed by atoms with Crippen LogP contribution in [-0.2, 0) is 6.54 Å². The zero-order valence-electron chi connectivity index (χ0n) is 14.6. The van der Waals surface area contributed by atoms with Crippen molar-refractivity contribution in [2.24, 2.45) is 0 Å². The first kappa shape index (κ1) is 16.7. The predicted molar refractivity (Wildman–Crippen MR) is 97.5 cm³/mol. The van der Waals surface area contributed by atoms with Crippen molar-refractivity contribution in [3.05, 3.63) is 48.3 Å². The van der Waals surface area contributed by atoms with Crippen LogP contribution in [0.2, 0.25) is 0 Å². The average molecular weight is 354 g/mol. The second kappa shape index (κ2) is 7.61. The van der Waals surface area contributed by atoms with Crippen LogP contribution in [0.25, 0.3) is 0 Å². The van der Waals surface area contributed by atoms with Crippen molar-refractivity contribution in [2.45, 2.75) is 6.54 Å². The van der Waals surface area contributed by atoms with Gasteiger partial charge in [-0.15, -0.1) is 0 Å². The van der Waals surface area contributed by atoms with E-state index in [4.69, 9.17) is 9.47 Å². The Kier molecular flexibility index (Phi) is 4.88. The molecule has 3 heterocycles. The van der Waals surface area contributed by atoms with Gasteiger partial charge in [-0.2, -0.15) is 0 Å². The summed E-state index contributed by atoms with van der Waals surface area (Å²) in [7, 11) is 0. The molecule has 26 heavy (non-hydrogen) atoms. The van der Waals surface area contributed by atoms with Crippen LogP contribution in [-0.4, -0.2) is 60.2 Å². The van der Waals surface area contributed by atoms with Crippen LogP contribution >= 0.6 is 0 Å². The lowest BCUT2D eigenvalue weighted by Gasteiger charge is -2.34. The molecule has 1 N–H and O–H groups in total. The number of piperazine rings is 1. The number of carbonyl (C=O) groups excluding carboxylic acids is 1. The van der Waals surface area contributed by atoms with E-state index in [-0.39, 0.29) is 6.03 Å². The summed E-state index contributed by atoms with van der Waals surface area (Å²) >= 11 is 0. The van der Waals surface area contributed by atoms with Crippen molar-refractivity contribution in [1.29, 1.82) is 0 Å². The lowest BCUT2D eigenvalue weighted by Crippen LogP contribution is -2.49. The molecule has 2 aliphatic rings. The van der Waals surface area contributed by atoms with Crippen molar-refractivity contribution in [1.82, 2.24) is 14.8 Å². The van der Waals surface area contributed by atoms with Gasteiger partial charge in [0.25, 0.3) is 0 Å². The Bertz CT molecular complexity index is 761. The number of anilines is 1. The highest BCUT2D eigenvalue weighted by Crippen LogP contribution is 2.32. The molecule has 2 aromatic rings. The van der Waals surface area contributed by atoms with Crippen molar-refractivity contribution < 1.29 is 14.3 Å². The Morgan fingerprint density at radius 1 is 1.00 bits per heavy atom. The molecule has 2 aliphatic heterocycles. The van der Waals surface area contributed by atoms with E-state index in [0.29, 0.717) is 32.1 Å². The molecule has 0 spiro atoms. The normalized spacial score (nSPS) is 17.0. The zero-order chi connectivity index (χ0) is 17.8. The highest BCUT2D eigenvalue weighted by Gasteiger charge is 2.21. The van der Waals surface area contributed by atoms with Gasteiger partial charge < -0.3 is 19.7 Å². The monoisotopic (exact) mass is 354 g/mol. The van der Waals surface area contributed by atoms with Gasteiger partial charge in [-0.25, -0.2) is 4.79 Å². The molecule has 0 radical (unpaired) electrons. The van der Waals surface area contributed by atoms with Crippen LogP contribution < -0.4 is 14.8 Å². The van der Waals surface area contributed by atoms with Gasteiger partial charge in [0, 0.05) is 56.9 Å². The third-order valence-corrected chi connectivity index (χ3v) is 4.61. The van der Waals surface area contributed by atoms with Crippen LogP contribution in [0.15, 0.2) is 42.7 Å². The highest BCUT2D eigenvalue weighted by atomic mass is 16.6. The molecule has 0 aliphatic carbocycles. The summed E-state index contributed by atoms with van der Waals surface area (Å²) in [6.45, 7) is 5.11. The molecule has 0 saturated carbocycles. The van der Waals surface area contributed by atoms with Crippen molar-refractivity contribution >= 4 is 11.7 Å². The zero-order valence-corrected chi connectivity index (χ0v) is 14.6. The van der Waals surface area contributed by atoms with Gasteiger partial charge in [0.2, 0.25) is 0 Å². The molecular formula is C19H22N4O3. The summed E-state index contributed by atoms with van der Waals surface area (Å²) in [5, 5.41) is 2.95. The number of amides is 2. The highest BCUT2D eigenvalue weighted by molar-refractivity contribution is 5.89. The first-order valence-electron chi connectivity index (χ1n) is 8.85. The van der Waals surface area contributed by atoms with E-state index < -0.39 is 0 Å².